The Morgan fingerprint density at radius 2 is 0.875 bits per heavy atom. The molecule has 1 saturated heterocycles. The molecule has 0 saturated carbocycles. The van der Waals surface area contributed by atoms with Crippen molar-refractivity contribution in [3.8, 4) is 0 Å². The molecule has 0 atom stereocenters. The minimum absolute atomic E-state index is 0. The predicted molar refractivity (Wildman–Crippen MR) is 56.6 cm³/mol. The summed E-state index contributed by atoms with van der Waals surface area (Å²) in [6, 6.07) is 0. The molecule has 0 spiro atoms. The average molecular weight is 342 g/mol. The van der Waals surface area contributed by atoms with E-state index in [9.17, 15) is 0 Å². The number of hydrogen-bond acceptors (Lipinski definition) is 2. The molecule has 1 rings (SSSR count). The van der Waals surface area contributed by atoms with E-state index in [1.165, 1.54) is 0 Å². The van der Waals surface area contributed by atoms with Gasteiger partial charge in [-0.1, -0.05) is 0 Å². The van der Waals surface area contributed by atoms with Gasteiger partial charge in [-0.15, -0.1) is 48.0 Å². The van der Waals surface area contributed by atoms with Crippen molar-refractivity contribution in [2.75, 3.05) is 26.2 Å². The number of rotatable bonds is 0. The van der Waals surface area contributed by atoms with Crippen molar-refractivity contribution >= 4 is 48.0 Å². The molecule has 1 fully saturated rings. The van der Waals surface area contributed by atoms with Crippen molar-refractivity contribution in [2.24, 2.45) is 0 Å². The number of nitrogens with one attached hydrogen (secondary N) is 2. The van der Waals surface area contributed by atoms with Crippen molar-refractivity contribution in [1.82, 2.24) is 10.6 Å². The van der Waals surface area contributed by atoms with Gasteiger partial charge in [-0.25, -0.2) is 0 Å². The highest BCUT2D eigenvalue weighted by molar-refractivity contribution is 14.0. The summed E-state index contributed by atoms with van der Waals surface area (Å²) in [5.41, 5.74) is 0. The van der Waals surface area contributed by atoms with Crippen molar-refractivity contribution in [3.05, 3.63) is 0 Å². The van der Waals surface area contributed by atoms with Crippen molar-refractivity contribution < 1.29 is 0 Å². The van der Waals surface area contributed by atoms with E-state index >= 15 is 0 Å². The van der Waals surface area contributed by atoms with Crippen LogP contribution >= 0.6 is 48.0 Å². The molecule has 4 heteroatoms. The van der Waals surface area contributed by atoms with Crippen LogP contribution in [0, 0.1) is 0 Å². The quantitative estimate of drug-likeness (QED) is 0.624. The molecule has 1 heterocycles. The minimum Gasteiger partial charge on any atom is -0.314 e. The highest BCUT2D eigenvalue weighted by atomic mass is 127. The van der Waals surface area contributed by atoms with Crippen LogP contribution in [0.4, 0.5) is 0 Å². The number of halogens is 2. The Morgan fingerprint density at radius 1 is 0.625 bits per heavy atom. The first-order chi connectivity index (χ1) is 3.00. The van der Waals surface area contributed by atoms with Crippen LogP contribution in [-0.4, -0.2) is 26.2 Å². The Kier molecular flexibility index (Phi) is 12.7. The van der Waals surface area contributed by atoms with Crippen molar-refractivity contribution in [1.29, 1.82) is 0 Å². The maximum absolute atomic E-state index is 3.22. The first-order valence-electron chi connectivity index (χ1n) is 2.41. The molecule has 0 unspecified atom stereocenters. The first kappa shape index (κ1) is 12.1. The zero-order valence-corrected chi connectivity index (χ0v) is 9.31. The fourth-order valence-electron chi connectivity index (χ4n) is 0.604. The third-order valence-corrected chi connectivity index (χ3v) is 0.957. The lowest BCUT2D eigenvalue weighted by Gasteiger charge is -2.11. The van der Waals surface area contributed by atoms with Gasteiger partial charge in [-0.05, 0) is 0 Å². The van der Waals surface area contributed by atoms with Gasteiger partial charge in [0.2, 0.25) is 0 Å². The third kappa shape index (κ3) is 5.52. The van der Waals surface area contributed by atoms with Crippen molar-refractivity contribution in [3.63, 3.8) is 0 Å². The van der Waals surface area contributed by atoms with E-state index in [-0.39, 0.29) is 48.0 Å². The fourth-order valence-corrected chi connectivity index (χ4v) is 0.604. The van der Waals surface area contributed by atoms with Gasteiger partial charge in [-0.2, -0.15) is 0 Å². The summed E-state index contributed by atoms with van der Waals surface area (Å²) in [4.78, 5) is 0. The maximum atomic E-state index is 3.22. The van der Waals surface area contributed by atoms with Gasteiger partial charge in [0.05, 0.1) is 0 Å². The smallest absolute Gasteiger partial charge is 0.00772 e. The first-order valence-corrected chi connectivity index (χ1v) is 2.41. The summed E-state index contributed by atoms with van der Waals surface area (Å²) in [6.07, 6.45) is 0. The molecule has 1 aliphatic rings. The second-order valence-corrected chi connectivity index (χ2v) is 1.50. The molecule has 0 aromatic heterocycles. The Balaban J connectivity index is 0. The van der Waals surface area contributed by atoms with Gasteiger partial charge in [0.1, 0.15) is 0 Å². The largest absolute Gasteiger partial charge is 0.314 e. The van der Waals surface area contributed by atoms with Gasteiger partial charge in [0.25, 0.3) is 0 Å². The molecular weight excluding hydrogens is 330 g/mol. The predicted octanol–water partition coefficient (Wildman–Crippen LogP) is 0.415. The van der Waals surface area contributed by atoms with E-state index in [2.05, 4.69) is 10.6 Å². The van der Waals surface area contributed by atoms with Crippen LogP contribution < -0.4 is 10.6 Å². The second kappa shape index (κ2) is 8.38. The standard InChI is InChI=1S/C4H10N2.2HI/c1-2-6-4-3-5-1;;/h5-6H,1-4H2;2*1H. The van der Waals surface area contributed by atoms with Gasteiger partial charge in [0, 0.05) is 26.2 Å². The topological polar surface area (TPSA) is 24.1 Å². The Labute approximate surface area is 84.2 Å². The SMILES string of the molecule is C1CNCCN1.I.I. The molecule has 2 nitrogen and oxygen atoms in total. The van der Waals surface area contributed by atoms with Crippen molar-refractivity contribution in [2.45, 2.75) is 0 Å². The second-order valence-electron chi connectivity index (χ2n) is 1.50. The zero-order chi connectivity index (χ0) is 4.24. The molecule has 0 aliphatic carbocycles. The molecule has 1 aliphatic heterocycles. The Bertz CT molecular complexity index is 27.5. The van der Waals surface area contributed by atoms with E-state index in [0.29, 0.717) is 0 Å². The van der Waals surface area contributed by atoms with Crippen LogP contribution in [0.3, 0.4) is 0 Å². The van der Waals surface area contributed by atoms with Crippen LogP contribution in [-0.2, 0) is 0 Å². The molecular formula is C4H12I2N2. The van der Waals surface area contributed by atoms with Crippen LogP contribution in [0.2, 0.25) is 0 Å². The van der Waals surface area contributed by atoms with Crippen LogP contribution in [0.1, 0.15) is 0 Å². The lowest BCUT2D eigenvalue weighted by Crippen LogP contribution is -2.39. The molecule has 52 valence electrons. The van der Waals surface area contributed by atoms with E-state index in [0.717, 1.165) is 26.2 Å². The lowest BCUT2D eigenvalue weighted by atomic mass is 10.4. The molecule has 0 bridgehead atoms. The highest BCUT2D eigenvalue weighted by Gasteiger charge is 1.91. The fraction of sp³-hybridized carbons (Fsp3) is 1.00. The highest BCUT2D eigenvalue weighted by Crippen LogP contribution is 1.65. The van der Waals surface area contributed by atoms with Gasteiger partial charge >= 0.3 is 0 Å². The Hall–Kier alpha value is 1.38. The van der Waals surface area contributed by atoms with E-state index in [1.54, 1.807) is 0 Å². The van der Waals surface area contributed by atoms with E-state index in [1.807, 2.05) is 0 Å². The van der Waals surface area contributed by atoms with Crippen LogP contribution in [0.25, 0.3) is 0 Å². The maximum Gasteiger partial charge on any atom is 0.00772 e. The summed E-state index contributed by atoms with van der Waals surface area (Å²) < 4.78 is 0. The third-order valence-electron chi connectivity index (χ3n) is 0.957. The van der Waals surface area contributed by atoms with Gasteiger partial charge in [-0.3, -0.25) is 0 Å². The van der Waals surface area contributed by atoms with Gasteiger partial charge < -0.3 is 10.6 Å². The molecule has 0 aromatic rings. The number of piperazine rings is 1. The summed E-state index contributed by atoms with van der Waals surface area (Å²) in [7, 11) is 0. The minimum atomic E-state index is 0. The monoisotopic (exact) mass is 342 g/mol. The zero-order valence-electron chi connectivity index (χ0n) is 4.64. The summed E-state index contributed by atoms with van der Waals surface area (Å²) >= 11 is 0. The van der Waals surface area contributed by atoms with E-state index in [4.69, 9.17) is 0 Å². The molecule has 8 heavy (non-hydrogen) atoms. The van der Waals surface area contributed by atoms with Crippen LogP contribution in [0.15, 0.2) is 0 Å². The average Bonchev–Trinajstić information content (AvgIpc) is 1.72. The molecule has 2 N–H and O–H groups in total. The summed E-state index contributed by atoms with van der Waals surface area (Å²) in [5, 5.41) is 6.44. The Morgan fingerprint density at radius 3 is 1.00 bits per heavy atom. The van der Waals surface area contributed by atoms with Crippen LogP contribution in [0.5, 0.6) is 0 Å². The summed E-state index contributed by atoms with van der Waals surface area (Å²) in [5.74, 6) is 0. The van der Waals surface area contributed by atoms with E-state index < -0.39 is 0 Å². The summed E-state index contributed by atoms with van der Waals surface area (Å²) in [6.45, 7) is 4.56. The van der Waals surface area contributed by atoms with Gasteiger partial charge in [0.15, 0.2) is 0 Å². The molecule has 0 amide bonds. The normalized spacial score (nSPS) is 18.0. The molecule has 0 radical (unpaired) electrons. The lowest BCUT2D eigenvalue weighted by molar-refractivity contribution is 0.534. The molecule has 0 aromatic carbocycles. The number of hydrogen-bond donors (Lipinski definition) is 2.